The molecule has 0 saturated carbocycles. The van der Waals surface area contributed by atoms with Gasteiger partial charge in [-0.05, 0) is 54.6 Å². The number of hydrazine groups is 1. The second-order valence-corrected chi connectivity index (χ2v) is 7.02. The molecule has 1 aliphatic heterocycles. The molecule has 1 aliphatic rings. The van der Waals surface area contributed by atoms with Crippen LogP contribution in [0.25, 0.3) is 17.4 Å². The third kappa shape index (κ3) is 4.09. The SMILES string of the molecule is COC(=O)c1ccc(N2NC(=O)C(=Cc3ccc(-c4ccc(OC)cc4[N+](=O)[O-])o3)C2=O)cc1. The summed E-state index contributed by atoms with van der Waals surface area (Å²) in [6, 6.07) is 13.2. The molecule has 1 fully saturated rings. The number of nitro groups is 1. The molecule has 1 saturated heterocycles. The van der Waals surface area contributed by atoms with Crippen molar-refractivity contribution in [3.05, 3.63) is 81.6 Å². The molecule has 1 aromatic heterocycles. The van der Waals surface area contributed by atoms with Gasteiger partial charge in [0.1, 0.15) is 22.8 Å². The molecule has 1 N–H and O–H groups in total. The van der Waals surface area contributed by atoms with Gasteiger partial charge < -0.3 is 13.9 Å². The van der Waals surface area contributed by atoms with Crippen LogP contribution in [-0.2, 0) is 14.3 Å². The number of ether oxygens (including phenoxy) is 2. The van der Waals surface area contributed by atoms with Gasteiger partial charge in [0.2, 0.25) is 0 Å². The van der Waals surface area contributed by atoms with Crippen LogP contribution in [0.2, 0.25) is 0 Å². The zero-order valence-corrected chi connectivity index (χ0v) is 17.9. The molecule has 0 aliphatic carbocycles. The summed E-state index contributed by atoms with van der Waals surface area (Å²) in [5, 5.41) is 12.5. The van der Waals surface area contributed by atoms with E-state index < -0.39 is 22.7 Å². The molecule has 11 heteroatoms. The van der Waals surface area contributed by atoms with Crippen LogP contribution in [0.1, 0.15) is 16.1 Å². The molecule has 11 nitrogen and oxygen atoms in total. The van der Waals surface area contributed by atoms with Crippen LogP contribution in [-0.4, -0.2) is 36.9 Å². The minimum atomic E-state index is -0.657. The molecule has 0 radical (unpaired) electrons. The van der Waals surface area contributed by atoms with E-state index in [1.165, 1.54) is 68.8 Å². The predicted octanol–water partition coefficient (Wildman–Crippen LogP) is 3.11. The van der Waals surface area contributed by atoms with E-state index in [4.69, 9.17) is 9.15 Å². The number of rotatable bonds is 6. The van der Waals surface area contributed by atoms with Gasteiger partial charge in [-0.1, -0.05) is 0 Å². The van der Waals surface area contributed by atoms with Gasteiger partial charge in [-0.3, -0.25) is 25.1 Å². The van der Waals surface area contributed by atoms with Gasteiger partial charge in [0.15, 0.2) is 0 Å². The quantitative estimate of drug-likeness (QED) is 0.193. The van der Waals surface area contributed by atoms with Crippen molar-refractivity contribution in [3.8, 4) is 17.1 Å². The van der Waals surface area contributed by atoms with Crippen LogP contribution < -0.4 is 15.2 Å². The van der Waals surface area contributed by atoms with E-state index in [0.717, 1.165) is 5.01 Å². The number of nitrogens with one attached hydrogen (secondary N) is 1. The molecular weight excluding hydrogens is 446 g/mol. The molecule has 2 heterocycles. The van der Waals surface area contributed by atoms with Crippen molar-refractivity contribution in [3.63, 3.8) is 0 Å². The highest BCUT2D eigenvalue weighted by Crippen LogP contribution is 2.34. The van der Waals surface area contributed by atoms with E-state index >= 15 is 0 Å². The van der Waals surface area contributed by atoms with Crippen LogP contribution >= 0.6 is 0 Å². The molecule has 0 spiro atoms. The lowest BCUT2D eigenvalue weighted by atomic mass is 10.1. The Balaban J connectivity index is 1.60. The van der Waals surface area contributed by atoms with E-state index in [0.29, 0.717) is 11.4 Å². The third-order valence-electron chi connectivity index (χ3n) is 5.02. The van der Waals surface area contributed by atoms with Crippen molar-refractivity contribution < 1.29 is 33.2 Å². The van der Waals surface area contributed by atoms with E-state index in [1.807, 2.05) is 0 Å². The minimum absolute atomic E-state index is 0.154. The Morgan fingerprint density at radius 3 is 2.47 bits per heavy atom. The summed E-state index contributed by atoms with van der Waals surface area (Å²) in [6.45, 7) is 0. The van der Waals surface area contributed by atoms with Gasteiger partial charge in [0, 0.05) is 0 Å². The average Bonchev–Trinajstić information content (AvgIpc) is 3.43. The van der Waals surface area contributed by atoms with Crippen molar-refractivity contribution in [2.75, 3.05) is 19.2 Å². The largest absolute Gasteiger partial charge is 0.497 e. The fraction of sp³-hybridized carbons (Fsp3) is 0.0870. The number of nitrogens with zero attached hydrogens (tertiary/aromatic N) is 2. The van der Waals surface area contributed by atoms with Crippen LogP contribution in [0.4, 0.5) is 11.4 Å². The monoisotopic (exact) mass is 463 g/mol. The Labute approximate surface area is 192 Å². The number of hydrogen-bond acceptors (Lipinski definition) is 8. The van der Waals surface area contributed by atoms with Gasteiger partial charge in [-0.25, -0.2) is 9.80 Å². The maximum atomic E-state index is 12.8. The number of nitro benzene ring substituents is 1. The van der Waals surface area contributed by atoms with E-state index in [-0.39, 0.29) is 33.9 Å². The molecule has 172 valence electrons. The summed E-state index contributed by atoms with van der Waals surface area (Å²) in [4.78, 5) is 47.7. The fourth-order valence-electron chi connectivity index (χ4n) is 3.32. The normalized spacial score (nSPS) is 14.3. The Kier molecular flexibility index (Phi) is 5.83. The van der Waals surface area contributed by atoms with Crippen molar-refractivity contribution >= 4 is 35.2 Å². The second kappa shape index (κ2) is 8.90. The van der Waals surface area contributed by atoms with Gasteiger partial charge in [-0.15, -0.1) is 0 Å². The molecule has 0 bridgehead atoms. The van der Waals surface area contributed by atoms with Crippen LogP contribution in [0.3, 0.4) is 0 Å². The van der Waals surface area contributed by atoms with Crippen LogP contribution in [0.5, 0.6) is 5.75 Å². The van der Waals surface area contributed by atoms with Gasteiger partial charge in [0.05, 0.1) is 42.0 Å². The number of anilines is 1. The highest BCUT2D eigenvalue weighted by Gasteiger charge is 2.35. The number of furan rings is 1. The summed E-state index contributed by atoms with van der Waals surface area (Å²) in [7, 11) is 2.65. The number of benzene rings is 2. The predicted molar refractivity (Wildman–Crippen MR) is 119 cm³/mol. The first-order chi connectivity index (χ1) is 16.3. The molecule has 2 amide bonds. The summed E-state index contributed by atoms with van der Waals surface area (Å²) in [5.41, 5.74) is 2.87. The van der Waals surface area contributed by atoms with Crippen molar-refractivity contribution in [2.24, 2.45) is 0 Å². The topological polar surface area (TPSA) is 141 Å². The number of hydrogen-bond donors (Lipinski definition) is 1. The minimum Gasteiger partial charge on any atom is -0.497 e. The average molecular weight is 463 g/mol. The summed E-state index contributed by atoms with van der Waals surface area (Å²) >= 11 is 0. The van der Waals surface area contributed by atoms with Crippen LogP contribution in [0, 0.1) is 10.1 Å². The Hall–Kier alpha value is -4.93. The number of methoxy groups -OCH3 is 2. The summed E-state index contributed by atoms with van der Waals surface area (Å²) < 4.78 is 15.3. The fourth-order valence-corrected chi connectivity index (χ4v) is 3.32. The van der Waals surface area contributed by atoms with Gasteiger partial charge in [0.25, 0.3) is 17.5 Å². The molecule has 0 atom stereocenters. The number of esters is 1. The van der Waals surface area contributed by atoms with E-state index in [9.17, 15) is 24.5 Å². The van der Waals surface area contributed by atoms with Crippen LogP contribution in [0.15, 0.2) is 64.6 Å². The lowest BCUT2D eigenvalue weighted by molar-refractivity contribution is -0.384. The first-order valence-corrected chi connectivity index (χ1v) is 9.80. The van der Waals surface area contributed by atoms with Gasteiger partial charge >= 0.3 is 5.97 Å². The van der Waals surface area contributed by atoms with E-state index in [2.05, 4.69) is 10.2 Å². The maximum absolute atomic E-state index is 12.8. The van der Waals surface area contributed by atoms with Crippen molar-refractivity contribution in [1.82, 2.24) is 5.43 Å². The molecule has 0 unspecified atom stereocenters. The number of amides is 2. The maximum Gasteiger partial charge on any atom is 0.337 e. The lowest BCUT2D eigenvalue weighted by Gasteiger charge is -2.14. The highest BCUT2D eigenvalue weighted by molar-refractivity contribution is 6.31. The number of carbonyl (C=O) groups is 3. The smallest absolute Gasteiger partial charge is 0.337 e. The Morgan fingerprint density at radius 2 is 1.82 bits per heavy atom. The zero-order valence-electron chi connectivity index (χ0n) is 17.9. The molecule has 2 aromatic carbocycles. The molecule has 34 heavy (non-hydrogen) atoms. The second-order valence-electron chi connectivity index (χ2n) is 7.02. The first-order valence-electron chi connectivity index (χ1n) is 9.80. The standard InChI is InChI=1S/C23H17N3O8/c1-32-15-7-9-17(19(12-15)26(30)31)20-10-8-16(34-20)11-18-21(27)24-25(22(18)28)14-5-3-13(4-6-14)23(29)33-2/h3-12H,1-2H3,(H,24,27). The highest BCUT2D eigenvalue weighted by atomic mass is 16.6. The van der Waals surface area contributed by atoms with E-state index in [1.54, 1.807) is 6.07 Å². The number of carbonyl (C=O) groups excluding carboxylic acids is 3. The van der Waals surface area contributed by atoms with Crippen molar-refractivity contribution in [2.45, 2.75) is 0 Å². The Morgan fingerprint density at radius 1 is 1.09 bits per heavy atom. The zero-order chi connectivity index (χ0) is 24.4. The molecule has 4 rings (SSSR count). The molecule has 3 aromatic rings. The van der Waals surface area contributed by atoms with Crippen molar-refractivity contribution in [1.29, 1.82) is 0 Å². The summed E-state index contributed by atoms with van der Waals surface area (Å²) in [6.07, 6.45) is 1.25. The lowest BCUT2D eigenvalue weighted by Crippen LogP contribution is -2.35. The third-order valence-corrected chi connectivity index (χ3v) is 5.02. The molecular formula is C23H17N3O8. The summed E-state index contributed by atoms with van der Waals surface area (Å²) in [5.74, 6) is -1.17. The Bertz CT molecular complexity index is 1340. The first kappa shape index (κ1) is 22.3. The van der Waals surface area contributed by atoms with Gasteiger partial charge in [-0.2, -0.15) is 0 Å².